The number of aromatic hydroxyl groups is 1. The van der Waals surface area contributed by atoms with E-state index in [1.807, 2.05) is 44.3 Å². The lowest BCUT2D eigenvalue weighted by atomic mass is 10.2. The molecule has 3 N–H and O–H groups in total. The first-order valence-corrected chi connectivity index (χ1v) is 10.0. The minimum absolute atomic E-state index is 0.189. The van der Waals surface area contributed by atoms with E-state index in [0.29, 0.717) is 36.4 Å². The van der Waals surface area contributed by atoms with Gasteiger partial charge in [-0.2, -0.15) is 5.26 Å². The number of nitrogens with zero attached hydrogens (tertiary/aromatic N) is 5. The van der Waals surface area contributed by atoms with E-state index in [1.165, 1.54) is 0 Å². The molecule has 0 aliphatic heterocycles. The molecule has 3 rings (SSSR count). The van der Waals surface area contributed by atoms with Crippen LogP contribution in [0.3, 0.4) is 0 Å². The van der Waals surface area contributed by atoms with Crippen LogP contribution in [0.4, 0.5) is 11.4 Å². The number of aliphatic imine (C=N–C) groups is 1. The average Bonchev–Trinajstić information content (AvgIpc) is 2.79. The van der Waals surface area contributed by atoms with Crippen LogP contribution in [0.15, 0.2) is 59.7 Å². The molecule has 0 amide bonds. The number of rotatable bonds is 7. The van der Waals surface area contributed by atoms with E-state index in [-0.39, 0.29) is 5.75 Å². The quantitative estimate of drug-likeness (QED) is 0.225. The van der Waals surface area contributed by atoms with Gasteiger partial charge >= 0.3 is 0 Å². The molecule has 3 aromatic rings. The SMILES string of the molecule is CN=C(NC#N)NCCN(c1ccc(Oc2ccc(O)cc2)cc1)c1cnc(C)nc1C. The third-order valence-corrected chi connectivity index (χ3v) is 4.61. The number of nitriles is 1. The molecule has 0 radical (unpaired) electrons. The van der Waals surface area contributed by atoms with Crippen molar-refractivity contribution in [2.24, 2.45) is 4.99 Å². The summed E-state index contributed by atoms with van der Waals surface area (Å²) in [6, 6.07) is 14.2. The van der Waals surface area contributed by atoms with Crippen LogP contribution in [0.25, 0.3) is 0 Å². The van der Waals surface area contributed by atoms with Crippen LogP contribution in [-0.2, 0) is 0 Å². The maximum absolute atomic E-state index is 9.42. The predicted molar refractivity (Wildman–Crippen MR) is 123 cm³/mol. The second kappa shape index (κ2) is 10.6. The van der Waals surface area contributed by atoms with E-state index < -0.39 is 0 Å². The van der Waals surface area contributed by atoms with E-state index in [1.54, 1.807) is 37.5 Å². The van der Waals surface area contributed by atoms with E-state index >= 15 is 0 Å². The molecule has 2 aromatic carbocycles. The first kappa shape index (κ1) is 22.4. The van der Waals surface area contributed by atoms with Crippen molar-refractivity contribution in [2.45, 2.75) is 13.8 Å². The summed E-state index contributed by atoms with van der Waals surface area (Å²) >= 11 is 0. The molecule has 0 bridgehead atoms. The van der Waals surface area contributed by atoms with Crippen LogP contribution in [0.1, 0.15) is 11.5 Å². The zero-order valence-electron chi connectivity index (χ0n) is 18.2. The van der Waals surface area contributed by atoms with Gasteiger partial charge in [-0.3, -0.25) is 10.3 Å². The number of hydrogen-bond acceptors (Lipinski definition) is 7. The Morgan fingerprint density at radius 1 is 1.12 bits per heavy atom. The van der Waals surface area contributed by atoms with E-state index in [0.717, 1.165) is 17.1 Å². The van der Waals surface area contributed by atoms with E-state index in [2.05, 4.69) is 30.5 Å². The second-order valence-corrected chi connectivity index (χ2v) is 6.87. The summed E-state index contributed by atoms with van der Waals surface area (Å²) in [7, 11) is 1.61. The summed E-state index contributed by atoms with van der Waals surface area (Å²) in [5.41, 5.74) is 2.68. The first-order valence-electron chi connectivity index (χ1n) is 10.0. The number of phenolic OH excluding ortho intramolecular Hbond substituents is 1. The Morgan fingerprint density at radius 2 is 1.78 bits per heavy atom. The number of guanidine groups is 1. The van der Waals surface area contributed by atoms with Crippen LogP contribution in [-0.4, -0.2) is 41.2 Å². The van der Waals surface area contributed by atoms with Crippen LogP contribution in [0.2, 0.25) is 0 Å². The number of phenols is 1. The highest BCUT2D eigenvalue weighted by Gasteiger charge is 2.14. The molecule has 0 spiro atoms. The molecule has 0 aliphatic rings. The first-order chi connectivity index (χ1) is 15.5. The zero-order chi connectivity index (χ0) is 22.9. The molecule has 9 heteroatoms. The average molecular weight is 432 g/mol. The number of nitrogens with one attached hydrogen (secondary N) is 2. The summed E-state index contributed by atoms with van der Waals surface area (Å²) < 4.78 is 5.85. The van der Waals surface area contributed by atoms with E-state index in [9.17, 15) is 5.11 Å². The van der Waals surface area contributed by atoms with Crippen molar-refractivity contribution >= 4 is 17.3 Å². The lowest BCUT2D eigenvalue weighted by Gasteiger charge is -2.26. The van der Waals surface area contributed by atoms with Gasteiger partial charge in [-0.15, -0.1) is 0 Å². The Balaban J connectivity index is 1.80. The number of aromatic nitrogens is 2. The third-order valence-electron chi connectivity index (χ3n) is 4.61. The molecule has 0 fully saturated rings. The molecule has 0 aliphatic carbocycles. The summed E-state index contributed by atoms with van der Waals surface area (Å²) in [6.45, 7) is 4.91. The summed E-state index contributed by atoms with van der Waals surface area (Å²) in [5, 5.41) is 23.8. The van der Waals surface area contributed by atoms with Crippen LogP contribution in [0.5, 0.6) is 17.2 Å². The van der Waals surface area contributed by atoms with Gasteiger partial charge in [0.05, 0.1) is 17.6 Å². The van der Waals surface area contributed by atoms with Gasteiger partial charge in [0.15, 0.2) is 6.19 Å². The largest absolute Gasteiger partial charge is 0.508 e. The van der Waals surface area contributed by atoms with Crippen molar-refractivity contribution in [3.05, 3.63) is 66.2 Å². The molecule has 1 aromatic heterocycles. The monoisotopic (exact) mass is 431 g/mol. The van der Waals surface area contributed by atoms with Crippen molar-refractivity contribution in [1.82, 2.24) is 20.6 Å². The fraction of sp³-hybridized carbons (Fsp3) is 0.217. The van der Waals surface area contributed by atoms with E-state index in [4.69, 9.17) is 10.00 Å². The maximum Gasteiger partial charge on any atom is 0.204 e. The molecule has 164 valence electrons. The molecule has 1 heterocycles. The van der Waals surface area contributed by atoms with Crippen molar-refractivity contribution in [3.63, 3.8) is 0 Å². The van der Waals surface area contributed by atoms with Crippen LogP contribution >= 0.6 is 0 Å². The van der Waals surface area contributed by atoms with Crippen molar-refractivity contribution < 1.29 is 9.84 Å². The van der Waals surface area contributed by atoms with Crippen molar-refractivity contribution in [2.75, 3.05) is 25.0 Å². The minimum Gasteiger partial charge on any atom is -0.508 e. The number of ether oxygens (including phenoxy) is 1. The molecular formula is C23H25N7O2. The number of benzene rings is 2. The number of aryl methyl sites for hydroxylation is 2. The van der Waals surface area contributed by atoms with Crippen molar-refractivity contribution in [1.29, 1.82) is 5.26 Å². The smallest absolute Gasteiger partial charge is 0.204 e. The van der Waals surface area contributed by atoms with Gasteiger partial charge in [-0.1, -0.05) is 0 Å². The Bertz CT molecular complexity index is 1110. The van der Waals surface area contributed by atoms with Gasteiger partial charge in [0.25, 0.3) is 0 Å². The zero-order valence-corrected chi connectivity index (χ0v) is 18.2. The second-order valence-electron chi connectivity index (χ2n) is 6.87. The minimum atomic E-state index is 0.189. The van der Waals surface area contributed by atoms with Gasteiger partial charge in [-0.05, 0) is 62.4 Å². The predicted octanol–water partition coefficient (Wildman–Crippen LogP) is 3.38. The van der Waals surface area contributed by atoms with Gasteiger partial charge in [-0.25, -0.2) is 9.97 Å². The van der Waals surface area contributed by atoms with Gasteiger partial charge in [0.2, 0.25) is 5.96 Å². The number of anilines is 2. The van der Waals surface area contributed by atoms with Gasteiger partial charge < -0.3 is 20.1 Å². The highest BCUT2D eigenvalue weighted by atomic mass is 16.5. The maximum atomic E-state index is 9.42. The van der Waals surface area contributed by atoms with Crippen LogP contribution in [0, 0.1) is 25.3 Å². The van der Waals surface area contributed by atoms with Crippen LogP contribution < -0.4 is 20.3 Å². The third kappa shape index (κ3) is 5.86. The fourth-order valence-corrected chi connectivity index (χ4v) is 3.09. The summed E-state index contributed by atoms with van der Waals surface area (Å²) in [6.07, 6.45) is 3.67. The Kier molecular flexibility index (Phi) is 7.43. The fourth-order valence-electron chi connectivity index (χ4n) is 3.09. The van der Waals surface area contributed by atoms with Gasteiger partial charge in [0.1, 0.15) is 23.1 Å². The Labute approximate surface area is 187 Å². The lowest BCUT2D eigenvalue weighted by molar-refractivity contribution is 0.464. The highest BCUT2D eigenvalue weighted by molar-refractivity contribution is 5.81. The molecule has 0 unspecified atom stereocenters. The van der Waals surface area contributed by atoms with Gasteiger partial charge in [0, 0.05) is 25.8 Å². The normalized spacial score (nSPS) is 10.9. The topological polar surface area (TPSA) is 119 Å². The molecule has 0 atom stereocenters. The lowest BCUT2D eigenvalue weighted by Crippen LogP contribution is -2.39. The standard InChI is InChI=1S/C23H25N7O2/c1-16-22(14-27-17(2)29-16)30(13-12-26-23(25-3)28-15-24)18-4-8-20(9-5-18)32-21-10-6-19(31)7-11-21/h4-11,14,31H,12-13H2,1-3H3,(H2,25,26,28). The molecule has 32 heavy (non-hydrogen) atoms. The Hall–Kier alpha value is -4.32. The summed E-state index contributed by atoms with van der Waals surface area (Å²) in [4.78, 5) is 14.9. The highest BCUT2D eigenvalue weighted by Crippen LogP contribution is 2.30. The molecule has 0 saturated heterocycles. The molecule has 9 nitrogen and oxygen atoms in total. The molecule has 0 saturated carbocycles. The Morgan fingerprint density at radius 3 is 2.38 bits per heavy atom. The number of hydrogen-bond donors (Lipinski definition) is 3. The molecular weight excluding hydrogens is 406 g/mol. The van der Waals surface area contributed by atoms with Crippen molar-refractivity contribution in [3.8, 4) is 23.4 Å². The summed E-state index contributed by atoms with van der Waals surface area (Å²) in [5.74, 6) is 2.61.